The summed E-state index contributed by atoms with van der Waals surface area (Å²) in [7, 11) is 2.09. The van der Waals surface area contributed by atoms with Crippen LogP contribution in [0.5, 0.6) is 5.75 Å². The van der Waals surface area contributed by atoms with Gasteiger partial charge in [-0.1, -0.05) is 0 Å². The monoisotopic (exact) mass is 269 g/mol. The number of anilines is 1. The van der Waals surface area contributed by atoms with Crippen LogP contribution in [0.25, 0.3) is 0 Å². The van der Waals surface area contributed by atoms with Gasteiger partial charge in [-0.25, -0.2) is 13.0 Å². The second-order valence-electron chi connectivity index (χ2n) is 4.84. The zero-order valence-electron chi connectivity index (χ0n) is 10.2. The first-order valence-electron chi connectivity index (χ1n) is 5.99. The van der Waals surface area contributed by atoms with Crippen molar-refractivity contribution in [2.24, 2.45) is 0 Å². The van der Waals surface area contributed by atoms with E-state index >= 15 is 0 Å². The Bertz CT molecular complexity index is 425. The summed E-state index contributed by atoms with van der Waals surface area (Å²) in [6.45, 7) is 1.92. The number of hydrogen-bond acceptors (Lipinski definition) is 5. The molecule has 18 heavy (non-hydrogen) atoms. The van der Waals surface area contributed by atoms with Crippen LogP contribution in [0.1, 0.15) is 6.42 Å². The van der Waals surface area contributed by atoms with Crippen molar-refractivity contribution in [1.29, 1.82) is 0 Å². The predicted octanol–water partition coefficient (Wildman–Crippen LogP) is 1.74. The fraction of sp³-hybridized carbons (Fsp3) is 0.500. The number of nitrogens with zero attached hydrogens (tertiary/aromatic N) is 2. The molecule has 1 aromatic carbocycles. The van der Waals surface area contributed by atoms with Gasteiger partial charge in [0.1, 0.15) is 17.7 Å². The quantitative estimate of drug-likeness (QED) is 0.654. The van der Waals surface area contributed by atoms with Gasteiger partial charge in [0, 0.05) is 55.5 Å². The molecule has 2 N–H and O–H groups in total. The molecule has 2 fully saturated rings. The Labute approximate surface area is 110 Å². The number of benzene rings is 1. The molecule has 0 amide bonds. The van der Waals surface area contributed by atoms with E-state index in [1.807, 2.05) is 0 Å². The minimum absolute atomic E-state index is 0.123. The molecule has 2 atom stereocenters. The largest absolute Gasteiger partial charge is 0.489 e. The number of rotatable bonds is 2. The van der Waals surface area contributed by atoms with Gasteiger partial charge < -0.3 is 10.5 Å². The predicted molar refractivity (Wildman–Crippen MR) is 70.6 cm³/mol. The summed E-state index contributed by atoms with van der Waals surface area (Å²) in [5.74, 6) is 0.176. The van der Waals surface area contributed by atoms with E-state index in [1.54, 1.807) is 18.2 Å². The summed E-state index contributed by atoms with van der Waals surface area (Å²) in [6, 6.07) is 4.89. The average molecular weight is 269 g/mol. The van der Waals surface area contributed by atoms with E-state index in [-0.39, 0.29) is 11.9 Å². The number of hydrogen-bond donors (Lipinski definition) is 1. The van der Waals surface area contributed by atoms with Crippen molar-refractivity contribution >= 4 is 17.8 Å². The second-order valence-corrected chi connectivity index (χ2v) is 6.10. The van der Waals surface area contributed by atoms with E-state index in [0.29, 0.717) is 17.5 Å². The minimum Gasteiger partial charge on any atom is -0.489 e. The SMILES string of the molecule is CN1C[C@@H]2C[C@@H](Oc3cc(N)cc(F)c3)CN2S1. The molecule has 0 aliphatic carbocycles. The maximum atomic E-state index is 13.2. The van der Waals surface area contributed by atoms with Crippen LogP contribution in [0, 0.1) is 5.82 Å². The highest BCUT2D eigenvalue weighted by molar-refractivity contribution is 7.94. The molecule has 1 aromatic rings. The van der Waals surface area contributed by atoms with E-state index in [0.717, 1.165) is 19.5 Å². The van der Waals surface area contributed by atoms with Crippen molar-refractivity contribution in [3.05, 3.63) is 24.0 Å². The van der Waals surface area contributed by atoms with Crippen molar-refractivity contribution in [2.45, 2.75) is 18.6 Å². The van der Waals surface area contributed by atoms with Crippen molar-refractivity contribution in [3.8, 4) is 5.75 Å². The highest BCUT2D eigenvalue weighted by atomic mass is 32.2. The molecule has 3 rings (SSSR count). The van der Waals surface area contributed by atoms with Crippen LogP contribution in [0.2, 0.25) is 0 Å². The van der Waals surface area contributed by atoms with Crippen LogP contribution in [0.15, 0.2) is 18.2 Å². The Morgan fingerprint density at radius 1 is 1.39 bits per heavy atom. The fourth-order valence-electron chi connectivity index (χ4n) is 2.55. The van der Waals surface area contributed by atoms with Gasteiger partial charge in [0.25, 0.3) is 0 Å². The van der Waals surface area contributed by atoms with Crippen LogP contribution < -0.4 is 10.5 Å². The normalized spacial score (nSPS) is 28.6. The summed E-state index contributed by atoms with van der Waals surface area (Å²) in [6.07, 6.45) is 1.10. The van der Waals surface area contributed by atoms with Crippen LogP contribution in [0.3, 0.4) is 0 Å². The molecule has 0 saturated carbocycles. The van der Waals surface area contributed by atoms with E-state index in [4.69, 9.17) is 10.5 Å². The van der Waals surface area contributed by atoms with Gasteiger partial charge in [-0.15, -0.1) is 0 Å². The Kier molecular flexibility index (Phi) is 3.09. The van der Waals surface area contributed by atoms with Crippen LogP contribution >= 0.6 is 12.1 Å². The lowest BCUT2D eigenvalue weighted by molar-refractivity contribution is 0.213. The standard InChI is InChI=1S/C12H16FN3OS/c1-15-6-10-5-12(7-16(10)18-15)17-11-3-8(13)2-9(14)4-11/h2-4,10,12H,5-7,14H2,1H3/t10-,12+/m0/s1. The summed E-state index contributed by atoms with van der Waals surface area (Å²) < 4.78 is 23.6. The Morgan fingerprint density at radius 2 is 2.22 bits per heavy atom. The third kappa shape index (κ3) is 2.41. The van der Waals surface area contributed by atoms with Crippen molar-refractivity contribution in [3.63, 3.8) is 0 Å². The first-order chi connectivity index (χ1) is 8.60. The van der Waals surface area contributed by atoms with Crippen molar-refractivity contribution in [1.82, 2.24) is 8.61 Å². The number of likely N-dealkylation sites (N-methyl/N-ethyl adjacent to an activating group) is 1. The lowest BCUT2D eigenvalue weighted by Crippen LogP contribution is -2.21. The molecular weight excluding hydrogens is 253 g/mol. The Balaban J connectivity index is 1.65. The molecule has 0 bridgehead atoms. The average Bonchev–Trinajstić information content (AvgIpc) is 2.72. The van der Waals surface area contributed by atoms with E-state index in [9.17, 15) is 4.39 Å². The van der Waals surface area contributed by atoms with Crippen molar-refractivity contribution < 1.29 is 9.13 Å². The molecule has 4 nitrogen and oxygen atoms in total. The minimum atomic E-state index is -0.349. The maximum absolute atomic E-state index is 13.2. The molecular formula is C12H16FN3OS. The van der Waals surface area contributed by atoms with Crippen LogP contribution in [-0.4, -0.2) is 40.9 Å². The summed E-state index contributed by atoms with van der Waals surface area (Å²) in [5, 5.41) is 0. The highest BCUT2D eigenvalue weighted by Crippen LogP contribution is 2.36. The van der Waals surface area contributed by atoms with Gasteiger partial charge >= 0.3 is 0 Å². The van der Waals surface area contributed by atoms with Gasteiger partial charge in [-0.05, 0) is 13.1 Å². The summed E-state index contributed by atoms with van der Waals surface area (Å²) in [5.41, 5.74) is 6.00. The molecule has 0 radical (unpaired) electrons. The molecule has 2 heterocycles. The third-order valence-corrected chi connectivity index (χ3v) is 4.32. The highest BCUT2D eigenvalue weighted by Gasteiger charge is 2.39. The van der Waals surface area contributed by atoms with Gasteiger partial charge in [-0.3, -0.25) is 0 Å². The van der Waals surface area contributed by atoms with Crippen molar-refractivity contribution in [2.75, 3.05) is 25.9 Å². The molecule has 98 valence electrons. The lowest BCUT2D eigenvalue weighted by atomic mass is 10.2. The maximum Gasteiger partial charge on any atom is 0.128 e. The van der Waals surface area contributed by atoms with Gasteiger partial charge in [0.15, 0.2) is 0 Å². The molecule has 0 aromatic heterocycles. The van der Waals surface area contributed by atoms with E-state index < -0.39 is 0 Å². The van der Waals surface area contributed by atoms with E-state index in [2.05, 4.69) is 15.7 Å². The fourth-order valence-corrected chi connectivity index (χ4v) is 3.67. The topological polar surface area (TPSA) is 41.7 Å². The zero-order valence-corrected chi connectivity index (χ0v) is 11.0. The molecule has 6 heteroatoms. The van der Waals surface area contributed by atoms with Gasteiger partial charge in [0.05, 0.1) is 0 Å². The molecule has 2 aliphatic heterocycles. The van der Waals surface area contributed by atoms with Crippen LogP contribution in [0.4, 0.5) is 10.1 Å². The Hall–Kier alpha value is -0.980. The molecule has 2 saturated heterocycles. The molecule has 0 spiro atoms. The second kappa shape index (κ2) is 4.60. The summed E-state index contributed by atoms with van der Waals surface area (Å²) >= 11 is 1.74. The van der Waals surface area contributed by atoms with E-state index in [1.165, 1.54) is 12.1 Å². The zero-order chi connectivity index (χ0) is 12.7. The smallest absolute Gasteiger partial charge is 0.128 e. The summed E-state index contributed by atoms with van der Waals surface area (Å²) in [4.78, 5) is 0. The molecule has 2 aliphatic rings. The lowest BCUT2D eigenvalue weighted by Gasteiger charge is -2.16. The third-order valence-electron chi connectivity index (χ3n) is 3.23. The van der Waals surface area contributed by atoms with Crippen LogP contribution in [-0.2, 0) is 0 Å². The Morgan fingerprint density at radius 3 is 2.94 bits per heavy atom. The number of halogens is 1. The number of ether oxygens (including phenoxy) is 1. The van der Waals surface area contributed by atoms with Gasteiger partial charge in [0.2, 0.25) is 0 Å². The first-order valence-corrected chi connectivity index (χ1v) is 6.72. The number of fused-ring (bicyclic) bond motifs is 1. The molecule has 0 unspecified atom stereocenters. The first kappa shape index (κ1) is 12.1. The number of nitrogen functional groups attached to an aromatic ring is 1. The van der Waals surface area contributed by atoms with Gasteiger partial charge in [-0.2, -0.15) is 0 Å². The number of nitrogens with two attached hydrogens (primary N) is 1.